The Morgan fingerprint density at radius 1 is 1.20 bits per heavy atom. The van der Waals surface area contributed by atoms with Gasteiger partial charge >= 0.3 is 11.9 Å². The van der Waals surface area contributed by atoms with Gasteiger partial charge in [0.15, 0.2) is 5.65 Å². The molecule has 1 saturated heterocycles. The van der Waals surface area contributed by atoms with Crippen LogP contribution in [0.3, 0.4) is 0 Å². The molecule has 4 rings (SSSR count). The highest BCUT2D eigenvalue weighted by Crippen LogP contribution is 2.22. The Morgan fingerprint density at radius 2 is 2.03 bits per heavy atom. The molecule has 1 atom stereocenters. The number of pyridine rings is 1. The molecule has 0 amide bonds. The lowest BCUT2D eigenvalue weighted by Crippen LogP contribution is -2.42. The summed E-state index contributed by atoms with van der Waals surface area (Å²) >= 11 is 0. The van der Waals surface area contributed by atoms with Gasteiger partial charge in [-0.2, -0.15) is 4.73 Å². The van der Waals surface area contributed by atoms with E-state index in [1.54, 1.807) is 18.5 Å². The van der Waals surface area contributed by atoms with Crippen molar-refractivity contribution in [1.29, 1.82) is 0 Å². The molecule has 8 nitrogen and oxygen atoms in total. The molecule has 3 heterocycles. The molecule has 0 spiro atoms. The fourth-order valence-electron chi connectivity index (χ4n) is 3.73. The minimum absolute atomic E-state index is 0.148. The van der Waals surface area contributed by atoms with E-state index in [9.17, 15) is 9.59 Å². The maximum absolute atomic E-state index is 11.5. The van der Waals surface area contributed by atoms with Gasteiger partial charge in [0, 0.05) is 31.2 Å². The molecule has 8 heteroatoms. The Hall–Kier alpha value is -3.23. The van der Waals surface area contributed by atoms with Crippen molar-refractivity contribution in [2.75, 3.05) is 19.7 Å². The van der Waals surface area contributed by atoms with Gasteiger partial charge in [-0.1, -0.05) is 30.3 Å². The molecule has 1 N–H and O–H groups in total. The standard InChI is InChI=1S/C22H23N3O5/c26-21(27)22(28)30-25-14-17(19-7-4-10-23-20(19)25)13-24-11-12-29-18(15-24)9-8-16-5-2-1-3-6-16/h1-7,10,14,18H,8-9,11-13,15H2,(H,26,27)/t18-/m0/s1. The second-order valence-corrected chi connectivity index (χ2v) is 7.29. The zero-order valence-electron chi connectivity index (χ0n) is 16.4. The SMILES string of the molecule is O=C(O)C(=O)On1cc(CN2CCO[C@@H](CCc3ccccc3)C2)c2cccnc21. The molecule has 3 aromatic rings. The average Bonchev–Trinajstić information content (AvgIpc) is 3.10. The number of aryl methyl sites for hydroxylation is 1. The number of hydrogen-bond donors (Lipinski definition) is 1. The second kappa shape index (κ2) is 9.06. The van der Waals surface area contributed by atoms with Crippen LogP contribution in [0.2, 0.25) is 0 Å². The maximum atomic E-state index is 11.5. The number of carbonyl (C=O) groups is 2. The van der Waals surface area contributed by atoms with Gasteiger partial charge < -0.3 is 14.7 Å². The summed E-state index contributed by atoms with van der Waals surface area (Å²) in [5.74, 6) is -3.00. The quantitative estimate of drug-likeness (QED) is 0.622. The van der Waals surface area contributed by atoms with Crippen molar-refractivity contribution < 1.29 is 24.3 Å². The van der Waals surface area contributed by atoms with Crippen LogP contribution in [0.15, 0.2) is 54.9 Å². The number of ether oxygens (including phenoxy) is 1. The van der Waals surface area contributed by atoms with Gasteiger partial charge in [-0.15, -0.1) is 0 Å². The lowest BCUT2D eigenvalue weighted by Gasteiger charge is -2.33. The van der Waals surface area contributed by atoms with Crippen molar-refractivity contribution in [2.45, 2.75) is 25.5 Å². The first kappa shape index (κ1) is 20.1. The summed E-state index contributed by atoms with van der Waals surface area (Å²) < 4.78 is 7.08. The highest BCUT2D eigenvalue weighted by Gasteiger charge is 2.23. The summed E-state index contributed by atoms with van der Waals surface area (Å²) in [5, 5.41) is 9.64. The summed E-state index contributed by atoms with van der Waals surface area (Å²) in [6.07, 6.45) is 5.27. The lowest BCUT2D eigenvalue weighted by molar-refractivity contribution is -0.163. The molecule has 1 aliphatic rings. The number of aromatic nitrogens is 2. The smallest absolute Gasteiger partial charge is 0.441 e. The van der Waals surface area contributed by atoms with Gasteiger partial charge in [0.1, 0.15) is 0 Å². The first-order chi connectivity index (χ1) is 14.6. The molecule has 2 aromatic heterocycles. The van der Waals surface area contributed by atoms with Gasteiger partial charge in [-0.3, -0.25) is 4.90 Å². The summed E-state index contributed by atoms with van der Waals surface area (Å²) in [6, 6.07) is 14.0. The molecule has 156 valence electrons. The molecular weight excluding hydrogens is 386 g/mol. The van der Waals surface area contributed by atoms with E-state index in [0.29, 0.717) is 18.8 Å². The summed E-state index contributed by atoms with van der Waals surface area (Å²) in [5.41, 5.74) is 2.63. The normalized spacial score (nSPS) is 17.1. The van der Waals surface area contributed by atoms with Gasteiger partial charge in [-0.05, 0) is 36.1 Å². The van der Waals surface area contributed by atoms with Crippen LogP contribution in [0, 0.1) is 0 Å². The number of benzene rings is 1. The van der Waals surface area contributed by atoms with Crippen LogP contribution >= 0.6 is 0 Å². The third kappa shape index (κ3) is 4.67. The molecule has 0 aliphatic carbocycles. The van der Waals surface area contributed by atoms with E-state index >= 15 is 0 Å². The molecule has 1 aromatic carbocycles. The molecule has 1 fully saturated rings. The maximum Gasteiger partial charge on any atom is 0.441 e. The van der Waals surface area contributed by atoms with Crippen molar-refractivity contribution in [3.63, 3.8) is 0 Å². The van der Waals surface area contributed by atoms with Crippen molar-refractivity contribution in [3.8, 4) is 0 Å². The predicted molar refractivity (Wildman–Crippen MR) is 109 cm³/mol. The Labute approximate surface area is 173 Å². The van der Waals surface area contributed by atoms with Crippen LogP contribution in [0.1, 0.15) is 17.5 Å². The van der Waals surface area contributed by atoms with Crippen LogP contribution in [0.4, 0.5) is 0 Å². The van der Waals surface area contributed by atoms with Crippen LogP contribution in [-0.4, -0.2) is 57.5 Å². The molecule has 0 bridgehead atoms. The van der Waals surface area contributed by atoms with Crippen molar-refractivity contribution >= 4 is 23.0 Å². The number of carboxylic acids is 1. The zero-order valence-corrected chi connectivity index (χ0v) is 16.4. The summed E-state index contributed by atoms with van der Waals surface area (Å²) in [7, 11) is 0. The number of nitrogens with zero attached hydrogens (tertiary/aromatic N) is 3. The summed E-state index contributed by atoms with van der Waals surface area (Å²) in [6.45, 7) is 2.88. The number of carbonyl (C=O) groups excluding carboxylic acids is 1. The predicted octanol–water partition coefficient (Wildman–Crippen LogP) is 1.91. The van der Waals surface area contributed by atoms with Gasteiger partial charge in [0.2, 0.25) is 0 Å². The number of aliphatic carboxylic acids is 1. The van der Waals surface area contributed by atoms with E-state index in [-0.39, 0.29) is 6.10 Å². The zero-order chi connectivity index (χ0) is 20.9. The molecule has 30 heavy (non-hydrogen) atoms. The second-order valence-electron chi connectivity index (χ2n) is 7.29. The van der Waals surface area contributed by atoms with Gasteiger partial charge in [0.05, 0.1) is 18.9 Å². The highest BCUT2D eigenvalue weighted by molar-refractivity contribution is 6.28. The number of rotatable bonds is 6. The van der Waals surface area contributed by atoms with Crippen LogP contribution in [0.25, 0.3) is 11.0 Å². The number of hydrogen-bond acceptors (Lipinski definition) is 6. The van der Waals surface area contributed by atoms with E-state index in [1.165, 1.54) is 5.56 Å². The van der Waals surface area contributed by atoms with Gasteiger partial charge in [0.25, 0.3) is 0 Å². The lowest BCUT2D eigenvalue weighted by atomic mass is 10.1. The van der Waals surface area contributed by atoms with Crippen LogP contribution < -0.4 is 4.84 Å². The first-order valence-electron chi connectivity index (χ1n) is 9.88. The van der Waals surface area contributed by atoms with E-state index in [0.717, 1.165) is 41.6 Å². The van der Waals surface area contributed by atoms with Crippen molar-refractivity contribution in [3.05, 3.63) is 66.0 Å². The Bertz CT molecular complexity index is 1030. The number of carboxylic acid groups (broad SMARTS) is 1. The van der Waals surface area contributed by atoms with Crippen LogP contribution in [0.5, 0.6) is 0 Å². The van der Waals surface area contributed by atoms with Gasteiger partial charge in [-0.25, -0.2) is 14.6 Å². The minimum atomic E-state index is -1.65. The van der Waals surface area contributed by atoms with Crippen molar-refractivity contribution in [2.24, 2.45) is 0 Å². The fourth-order valence-corrected chi connectivity index (χ4v) is 3.73. The molecule has 0 radical (unpaired) electrons. The summed E-state index contributed by atoms with van der Waals surface area (Å²) in [4.78, 5) is 33.8. The van der Waals surface area contributed by atoms with E-state index in [1.807, 2.05) is 24.3 Å². The Kier molecular flexibility index (Phi) is 6.06. The third-order valence-corrected chi connectivity index (χ3v) is 5.19. The molecule has 0 saturated carbocycles. The largest absolute Gasteiger partial charge is 0.473 e. The van der Waals surface area contributed by atoms with Crippen molar-refractivity contribution in [1.82, 2.24) is 14.6 Å². The first-order valence-corrected chi connectivity index (χ1v) is 9.88. The Morgan fingerprint density at radius 3 is 2.83 bits per heavy atom. The van der Waals surface area contributed by atoms with Crippen LogP contribution in [-0.2, 0) is 27.3 Å². The molecular formula is C22H23N3O5. The van der Waals surface area contributed by atoms with E-state index in [4.69, 9.17) is 14.7 Å². The van der Waals surface area contributed by atoms with E-state index < -0.39 is 11.9 Å². The number of fused-ring (bicyclic) bond motifs is 1. The highest BCUT2D eigenvalue weighted by atomic mass is 16.7. The average molecular weight is 409 g/mol. The Balaban J connectivity index is 1.44. The topological polar surface area (TPSA) is 93.9 Å². The molecule has 1 aliphatic heterocycles. The fraction of sp³-hybridized carbons (Fsp3) is 0.318. The van der Waals surface area contributed by atoms with E-state index in [2.05, 4.69) is 22.0 Å². The third-order valence-electron chi connectivity index (χ3n) is 5.19. The monoisotopic (exact) mass is 409 g/mol. The molecule has 0 unspecified atom stereocenters. The minimum Gasteiger partial charge on any atom is -0.473 e. The number of morpholine rings is 1.